The maximum absolute atomic E-state index is 12.4. The van der Waals surface area contributed by atoms with Crippen molar-refractivity contribution >= 4 is 40.9 Å². The molecule has 3 rings (SSSR count). The second-order valence-corrected chi connectivity index (χ2v) is 8.05. The molecule has 1 heterocycles. The molecule has 0 bridgehead atoms. The summed E-state index contributed by atoms with van der Waals surface area (Å²) in [5.74, 6) is 0.564. The first kappa shape index (κ1) is 18.6. The van der Waals surface area contributed by atoms with Crippen molar-refractivity contribution in [1.29, 1.82) is 0 Å². The van der Waals surface area contributed by atoms with Gasteiger partial charge in [0.05, 0.1) is 10.7 Å². The summed E-state index contributed by atoms with van der Waals surface area (Å²) < 4.78 is 0. The highest BCUT2D eigenvalue weighted by Crippen LogP contribution is 2.31. The van der Waals surface area contributed by atoms with Crippen LogP contribution in [0.1, 0.15) is 48.3 Å². The molecule has 0 saturated heterocycles. The summed E-state index contributed by atoms with van der Waals surface area (Å²) in [6.45, 7) is 0. The molecule has 1 aliphatic rings. The molecule has 2 aromatic rings. The van der Waals surface area contributed by atoms with Crippen molar-refractivity contribution in [2.45, 2.75) is 48.8 Å². The van der Waals surface area contributed by atoms with Gasteiger partial charge in [-0.2, -0.15) is 0 Å². The molecule has 0 spiro atoms. The monoisotopic (exact) mass is 394 g/mol. The van der Waals surface area contributed by atoms with Crippen molar-refractivity contribution in [2.24, 2.45) is 0 Å². The van der Waals surface area contributed by atoms with Crippen LogP contribution in [0.5, 0.6) is 0 Å². The zero-order chi connectivity index (χ0) is 17.6. The van der Waals surface area contributed by atoms with Crippen LogP contribution in [-0.2, 0) is 5.75 Å². The predicted molar refractivity (Wildman–Crippen MR) is 105 cm³/mol. The number of amides is 1. The van der Waals surface area contributed by atoms with Gasteiger partial charge in [-0.05, 0) is 43.2 Å². The fourth-order valence-corrected chi connectivity index (χ4v) is 4.33. The third-order valence-electron chi connectivity index (χ3n) is 4.25. The smallest absolute Gasteiger partial charge is 0.270 e. The Balaban J connectivity index is 1.61. The summed E-state index contributed by atoms with van der Waals surface area (Å²) in [4.78, 5) is 17.9. The van der Waals surface area contributed by atoms with Crippen LogP contribution in [0.15, 0.2) is 41.3 Å². The number of benzene rings is 1. The van der Waals surface area contributed by atoms with Gasteiger partial charge in [0, 0.05) is 21.7 Å². The lowest BCUT2D eigenvalue weighted by Crippen LogP contribution is -2.36. The molecule has 3 nitrogen and oxygen atoms in total. The van der Waals surface area contributed by atoms with E-state index in [0.29, 0.717) is 21.5 Å². The van der Waals surface area contributed by atoms with Crippen LogP contribution < -0.4 is 5.32 Å². The number of carbonyl (C=O) groups excluding carboxylic acids is 1. The van der Waals surface area contributed by atoms with Crippen molar-refractivity contribution in [3.8, 4) is 0 Å². The van der Waals surface area contributed by atoms with E-state index in [1.807, 2.05) is 24.3 Å². The number of halogens is 2. The Morgan fingerprint density at radius 3 is 2.72 bits per heavy atom. The molecule has 1 aliphatic carbocycles. The maximum Gasteiger partial charge on any atom is 0.270 e. The van der Waals surface area contributed by atoms with E-state index in [-0.39, 0.29) is 11.9 Å². The molecule has 1 saturated carbocycles. The fraction of sp³-hybridized carbons (Fsp3) is 0.368. The highest BCUT2D eigenvalue weighted by molar-refractivity contribution is 7.98. The van der Waals surface area contributed by atoms with E-state index < -0.39 is 0 Å². The van der Waals surface area contributed by atoms with Crippen molar-refractivity contribution in [3.63, 3.8) is 0 Å². The average molecular weight is 395 g/mol. The van der Waals surface area contributed by atoms with Crippen LogP contribution in [0.3, 0.4) is 0 Å². The van der Waals surface area contributed by atoms with Crippen molar-refractivity contribution in [2.75, 3.05) is 0 Å². The highest BCUT2D eigenvalue weighted by Gasteiger charge is 2.17. The zero-order valence-electron chi connectivity index (χ0n) is 13.8. The number of carbonyl (C=O) groups is 1. The van der Waals surface area contributed by atoms with Gasteiger partial charge in [0.15, 0.2) is 0 Å². The third-order valence-corrected chi connectivity index (χ3v) is 6.02. The van der Waals surface area contributed by atoms with E-state index in [4.69, 9.17) is 23.2 Å². The number of hydrogen-bond donors (Lipinski definition) is 1. The fourth-order valence-electron chi connectivity index (χ4n) is 2.94. The Labute approximate surface area is 162 Å². The summed E-state index contributed by atoms with van der Waals surface area (Å²) in [7, 11) is 0. The molecule has 0 aliphatic heterocycles. The van der Waals surface area contributed by atoms with Gasteiger partial charge in [-0.15, -0.1) is 11.8 Å². The van der Waals surface area contributed by atoms with Gasteiger partial charge >= 0.3 is 0 Å². The number of nitrogens with one attached hydrogen (secondary N) is 1. The van der Waals surface area contributed by atoms with Crippen LogP contribution in [0.2, 0.25) is 10.0 Å². The molecule has 1 aromatic carbocycles. The van der Waals surface area contributed by atoms with E-state index in [9.17, 15) is 4.79 Å². The van der Waals surface area contributed by atoms with Crippen LogP contribution in [0.4, 0.5) is 0 Å². The molecule has 0 unspecified atom stereocenters. The van der Waals surface area contributed by atoms with E-state index in [0.717, 1.165) is 23.4 Å². The Morgan fingerprint density at radius 1 is 1.16 bits per heavy atom. The van der Waals surface area contributed by atoms with Gasteiger partial charge in [-0.3, -0.25) is 4.79 Å². The Bertz CT molecular complexity index is 748. The van der Waals surface area contributed by atoms with E-state index in [1.165, 1.54) is 19.3 Å². The first-order valence-corrected chi connectivity index (χ1v) is 10.2. The molecule has 1 fully saturated rings. The Morgan fingerprint density at radius 2 is 1.96 bits per heavy atom. The quantitative estimate of drug-likeness (QED) is 0.656. The summed E-state index contributed by atoms with van der Waals surface area (Å²) >= 11 is 13.7. The van der Waals surface area contributed by atoms with Gasteiger partial charge in [-0.25, -0.2) is 4.98 Å². The van der Waals surface area contributed by atoms with Gasteiger partial charge in [0.1, 0.15) is 5.69 Å². The van der Waals surface area contributed by atoms with Crippen LogP contribution >= 0.6 is 35.0 Å². The Hall–Kier alpha value is -1.23. The first-order valence-electron chi connectivity index (χ1n) is 8.46. The number of rotatable bonds is 5. The van der Waals surface area contributed by atoms with Crippen molar-refractivity contribution in [3.05, 3.63) is 57.8 Å². The maximum atomic E-state index is 12.4. The molecule has 132 valence electrons. The van der Waals surface area contributed by atoms with E-state index in [2.05, 4.69) is 10.3 Å². The summed E-state index contributed by atoms with van der Waals surface area (Å²) in [6.07, 6.45) is 5.78. The van der Waals surface area contributed by atoms with Gasteiger partial charge < -0.3 is 5.32 Å². The SMILES string of the molecule is O=C(NC1CCCCC1)c1cccc(CSc2ccc(Cl)cc2Cl)n1. The third kappa shape index (κ3) is 5.37. The highest BCUT2D eigenvalue weighted by atomic mass is 35.5. The predicted octanol–water partition coefficient (Wildman–Crippen LogP) is 5.74. The minimum atomic E-state index is -0.0803. The van der Waals surface area contributed by atoms with Gasteiger partial charge in [0.25, 0.3) is 5.91 Å². The number of pyridine rings is 1. The van der Waals surface area contributed by atoms with Gasteiger partial charge in [0.2, 0.25) is 0 Å². The molecule has 6 heteroatoms. The molecular formula is C19H20Cl2N2OS. The number of nitrogens with zero attached hydrogens (tertiary/aromatic N) is 1. The van der Waals surface area contributed by atoms with Crippen LogP contribution in [0, 0.1) is 0 Å². The lowest BCUT2D eigenvalue weighted by Gasteiger charge is -2.22. The molecular weight excluding hydrogens is 375 g/mol. The minimum Gasteiger partial charge on any atom is -0.348 e. The molecule has 1 N–H and O–H groups in total. The standard InChI is InChI=1S/C19H20Cl2N2OS/c20-13-9-10-18(16(21)11-13)25-12-15-7-4-8-17(22-15)19(24)23-14-5-2-1-3-6-14/h4,7-11,14H,1-3,5-6,12H2,(H,23,24). The average Bonchev–Trinajstić information content (AvgIpc) is 2.62. The first-order chi connectivity index (χ1) is 12.1. The molecule has 0 radical (unpaired) electrons. The number of hydrogen-bond acceptors (Lipinski definition) is 3. The van der Waals surface area contributed by atoms with E-state index >= 15 is 0 Å². The summed E-state index contributed by atoms with van der Waals surface area (Å²) in [6, 6.07) is 11.3. The van der Waals surface area contributed by atoms with Crippen LogP contribution in [0.25, 0.3) is 0 Å². The van der Waals surface area contributed by atoms with Crippen molar-refractivity contribution < 1.29 is 4.79 Å². The second kappa shape index (κ2) is 8.93. The lowest BCUT2D eigenvalue weighted by molar-refractivity contribution is 0.0922. The zero-order valence-corrected chi connectivity index (χ0v) is 16.1. The molecule has 1 aromatic heterocycles. The topological polar surface area (TPSA) is 42.0 Å². The van der Waals surface area contributed by atoms with Crippen LogP contribution in [-0.4, -0.2) is 16.9 Å². The Kier molecular flexibility index (Phi) is 6.63. The molecule has 25 heavy (non-hydrogen) atoms. The van der Waals surface area contributed by atoms with E-state index in [1.54, 1.807) is 23.9 Å². The summed E-state index contributed by atoms with van der Waals surface area (Å²) in [5, 5.41) is 4.36. The summed E-state index contributed by atoms with van der Waals surface area (Å²) in [5.41, 5.74) is 1.33. The second-order valence-electron chi connectivity index (χ2n) is 6.19. The molecule has 1 amide bonds. The lowest BCUT2D eigenvalue weighted by atomic mass is 9.95. The molecule has 0 atom stereocenters. The number of thioether (sulfide) groups is 1. The normalized spacial score (nSPS) is 15.1. The number of aromatic nitrogens is 1. The largest absolute Gasteiger partial charge is 0.348 e. The minimum absolute atomic E-state index is 0.0803. The van der Waals surface area contributed by atoms with Gasteiger partial charge in [-0.1, -0.05) is 48.5 Å². The van der Waals surface area contributed by atoms with Crippen molar-refractivity contribution in [1.82, 2.24) is 10.3 Å².